The molecule has 0 aromatic carbocycles. The molecule has 16 heavy (non-hydrogen) atoms. The quantitative estimate of drug-likeness (QED) is 0.579. The molecule has 0 heterocycles. The molecule has 96 valence electrons. The zero-order valence-electron chi connectivity index (χ0n) is 9.86. The summed E-state index contributed by atoms with van der Waals surface area (Å²) in [6.45, 7) is 5.80. The molecule has 0 saturated carbocycles. The van der Waals surface area contributed by atoms with Crippen LogP contribution in [0.1, 0.15) is 33.6 Å². The molecule has 0 aromatic heterocycles. The minimum Gasteiger partial charge on any atom is -0.481 e. The van der Waals surface area contributed by atoms with Crippen LogP contribution in [-0.2, 0) is 15.0 Å². The highest BCUT2D eigenvalue weighted by Gasteiger charge is 2.14. The van der Waals surface area contributed by atoms with Crippen molar-refractivity contribution < 1.29 is 18.3 Å². The van der Waals surface area contributed by atoms with Crippen molar-refractivity contribution in [2.45, 2.75) is 39.7 Å². The third kappa shape index (κ3) is 8.63. The number of hydrogen-bond acceptors (Lipinski definition) is 3. The van der Waals surface area contributed by atoms with Gasteiger partial charge in [0.25, 0.3) is 10.2 Å². The van der Waals surface area contributed by atoms with Gasteiger partial charge in [0.15, 0.2) is 0 Å². The Balaban J connectivity index is 4.00. The van der Waals surface area contributed by atoms with Gasteiger partial charge in [-0.15, -0.1) is 0 Å². The maximum absolute atomic E-state index is 11.4. The maximum Gasteiger partial charge on any atom is 0.303 e. The summed E-state index contributed by atoms with van der Waals surface area (Å²) in [5.41, 5.74) is 0. The molecular formula is C9H20N2O4S. The van der Waals surface area contributed by atoms with Crippen LogP contribution >= 0.6 is 0 Å². The van der Waals surface area contributed by atoms with Gasteiger partial charge in [0, 0.05) is 19.0 Å². The zero-order valence-corrected chi connectivity index (χ0v) is 10.7. The molecule has 0 radical (unpaired) electrons. The van der Waals surface area contributed by atoms with Crippen molar-refractivity contribution in [3.8, 4) is 0 Å². The van der Waals surface area contributed by atoms with Gasteiger partial charge in [0.1, 0.15) is 0 Å². The van der Waals surface area contributed by atoms with Crippen LogP contribution in [0.5, 0.6) is 0 Å². The summed E-state index contributed by atoms with van der Waals surface area (Å²) in [5.74, 6) is -0.702. The summed E-state index contributed by atoms with van der Waals surface area (Å²) < 4.78 is 27.6. The van der Waals surface area contributed by atoms with Crippen molar-refractivity contribution in [3.63, 3.8) is 0 Å². The molecule has 3 N–H and O–H groups in total. The number of hydrogen-bond donors (Lipinski definition) is 3. The second kappa shape index (κ2) is 6.82. The molecule has 7 heteroatoms. The van der Waals surface area contributed by atoms with Crippen LogP contribution in [0, 0.1) is 5.92 Å². The van der Waals surface area contributed by atoms with E-state index in [1.165, 1.54) is 0 Å². The van der Waals surface area contributed by atoms with E-state index in [0.29, 0.717) is 6.54 Å². The van der Waals surface area contributed by atoms with Crippen LogP contribution in [-0.4, -0.2) is 32.1 Å². The van der Waals surface area contributed by atoms with Crippen LogP contribution in [0.2, 0.25) is 0 Å². The highest BCUT2D eigenvalue weighted by molar-refractivity contribution is 7.87. The molecule has 0 aromatic rings. The van der Waals surface area contributed by atoms with E-state index in [9.17, 15) is 13.2 Å². The van der Waals surface area contributed by atoms with Crippen LogP contribution in [0.3, 0.4) is 0 Å². The van der Waals surface area contributed by atoms with Gasteiger partial charge in [0.05, 0.1) is 0 Å². The summed E-state index contributed by atoms with van der Waals surface area (Å²) in [6.07, 6.45) is 0.228. The van der Waals surface area contributed by atoms with Crippen LogP contribution < -0.4 is 9.44 Å². The third-order valence-electron chi connectivity index (χ3n) is 1.83. The molecule has 0 aliphatic rings. The van der Waals surface area contributed by atoms with E-state index < -0.39 is 16.2 Å². The van der Waals surface area contributed by atoms with Crippen LogP contribution in [0.4, 0.5) is 0 Å². The Morgan fingerprint density at radius 1 is 1.31 bits per heavy atom. The lowest BCUT2D eigenvalue weighted by Gasteiger charge is -2.14. The highest BCUT2D eigenvalue weighted by Crippen LogP contribution is 1.98. The summed E-state index contributed by atoms with van der Waals surface area (Å²) in [6, 6.07) is -0.388. The molecule has 1 atom stereocenters. The topological polar surface area (TPSA) is 95.5 Å². The van der Waals surface area contributed by atoms with Crippen molar-refractivity contribution in [3.05, 3.63) is 0 Å². The number of carboxylic acid groups (broad SMARTS) is 1. The number of carbonyl (C=O) groups is 1. The molecule has 6 nitrogen and oxygen atoms in total. The summed E-state index contributed by atoms with van der Waals surface area (Å²) >= 11 is 0. The Kier molecular flexibility index (Phi) is 6.54. The Bertz CT molecular complexity index is 313. The molecule has 0 amide bonds. The lowest BCUT2D eigenvalue weighted by Crippen LogP contribution is -2.42. The van der Waals surface area contributed by atoms with Crippen molar-refractivity contribution in [2.75, 3.05) is 6.54 Å². The Morgan fingerprint density at radius 2 is 1.88 bits per heavy atom. The summed E-state index contributed by atoms with van der Waals surface area (Å²) in [5, 5.41) is 8.44. The normalized spacial score (nSPS) is 14.0. The molecular weight excluding hydrogens is 232 g/mol. The predicted molar refractivity (Wildman–Crippen MR) is 61.2 cm³/mol. The van der Waals surface area contributed by atoms with Gasteiger partial charge in [-0.05, 0) is 19.3 Å². The van der Waals surface area contributed by atoms with E-state index in [4.69, 9.17) is 5.11 Å². The van der Waals surface area contributed by atoms with Gasteiger partial charge in [-0.1, -0.05) is 13.8 Å². The standard InChI is InChI=1S/C9H20N2O4S/c1-7(2)6-10-16(14,15)11-8(3)4-5-9(12)13/h7-8,10-11H,4-6H2,1-3H3,(H,12,13). The third-order valence-corrected chi connectivity index (χ3v) is 3.09. The van der Waals surface area contributed by atoms with Gasteiger partial charge in [-0.25, -0.2) is 4.72 Å². The van der Waals surface area contributed by atoms with Gasteiger partial charge < -0.3 is 5.11 Å². The van der Waals surface area contributed by atoms with Crippen LogP contribution in [0.15, 0.2) is 0 Å². The van der Waals surface area contributed by atoms with E-state index in [1.807, 2.05) is 13.8 Å². The lowest BCUT2D eigenvalue weighted by molar-refractivity contribution is -0.137. The summed E-state index contributed by atoms with van der Waals surface area (Å²) in [4.78, 5) is 10.3. The number of aliphatic carboxylic acids is 1. The molecule has 0 rings (SSSR count). The first-order chi connectivity index (χ1) is 7.23. The van der Waals surface area contributed by atoms with Gasteiger partial charge >= 0.3 is 5.97 Å². The molecule has 0 aliphatic heterocycles. The fraction of sp³-hybridized carbons (Fsp3) is 0.889. The van der Waals surface area contributed by atoms with E-state index in [-0.39, 0.29) is 24.8 Å². The smallest absolute Gasteiger partial charge is 0.303 e. The van der Waals surface area contributed by atoms with E-state index in [1.54, 1.807) is 6.92 Å². The predicted octanol–water partition coefficient (Wildman–Crippen LogP) is 0.320. The Morgan fingerprint density at radius 3 is 2.31 bits per heavy atom. The first-order valence-corrected chi connectivity index (χ1v) is 6.70. The Hall–Kier alpha value is -0.660. The molecule has 0 fully saturated rings. The SMILES string of the molecule is CC(C)CNS(=O)(=O)NC(C)CCC(=O)O. The minimum absolute atomic E-state index is 0.0478. The van der Waals surface area contributed by atoms with Crippen LogP contribution in [0.25, 0.3) is 0 Å². The van der Waals surface area contributed by atoms with Crippen molar-refractivity contribution in [2.24, 2.45) is 5.92 Å². The van der Waals surface area contributed by atoms with E-state index >= 15 is 0 Å². The van der Waals surface area contributed by atoms with Crippen molar-refractivity contribution in [1.29, 1.82) is 0 Å². The maximum atomic E-state index is 11.4. The largest absolute Gasteiger partial charge is 0.481 e. The second-order valence-corrected chi connectivity index (χ2v) is 5.73. The number of nitrogens with one attached hydrogen (secondary N) is 2. The highest BCUT2D eigenvalue weighted by atomic mass is 32.2. The van der Waals surface area contributed by atoms with Crippen molar-refractivity contribution in [1.82, 2.24) is 9.44 Å². The lowest BCUT2D eigenvalue weighted by atomic mass is 10.2. The fourth-order valence-corrected chi connectivity index (χ4v) is 2.27. The fourth-order valence-electron chi connectivity index (χ4n) is 0.982. The molecule has 0 aliphatic carbocycles. The molecule has 0 saturated heterocycles. The first-order valence-electron chi connectivity index (χ1n) is 5.21. The molecule has 1 unspecified atom stereocenters. The summed E-state index contributed by atoms with van der Waals surface area (Å²) in [7, 11) is -3.52. The molecule has 0 spiro atoms. The van der Waals surface area contributed by atoms with Gasteiger partial charge in [-0.3, -0.25) is 4.79 Å². The first kappa shape index (κ1) is 15.3. The number of carboxylic acids is 1. The average molecular weight is 252 g/mol. The minimum atomic E-state index is -3.52. The van der Waals surface area contributed by atoms with E-state index in [2.05, 4.69) is 9.44 Å². The molecule has 0 bridgehead atoms. The monoisotopic (exact) mass is 252 g/mol. The van der Waals surface area contributed by atoms with E-state index in [0.717, 1.165) is 0 Å². The average Bonchev–Trinajstić information content (AvgIpc) is 2.11. The number of rotatable bonds is 8. The van der Waals surface area contributed by atoms with Gasteiger partial charge in [-0.2, -0.15) is 13.1 Å². The zero-order chi connectivity index (χ0) is 12.8. The Labute approximate surface area is 96.6 Å². The van der Waals surface area contributed by atoms with Crippen molar-refractivity contribution >= 4 is 16.2 Å². The van der Waals surface area contributed by atoms with Gasteiger partial charge in [0.2, 0.25) is 0 Å². The second-order valence-electron chi connectivity index (χ2n) is 4.20.